The first-order valence-electron chi connectivity index (χ1n) is 0.724. The van der Waals surface area contributed by atoms with Gasteiger partial charge in [0, 0.05) is 24.0 Å². The van der Waals surface area contributed by atoms with Crippen molar-refractivity contribution in [3.8, 4) is 6.07 Å². The van der Waals surface area contributed by atoms with Crippen LogP contribution in [0.25, 0.3) is 0 Å². The summed E-state index contributed by atoms with van der Waals surface area (Å²) >= 11 is 0. The molecule has 0 saturated heterocycles. The van der Waals surface area contributed by atoms with E-state index in [0.717, 1.165) is 0 Å². The SMILES string of the molecule is CC#N.[Mn]. The number of hydrogen-bond acceptors (Lipinski definition) is 1. The summed E-state index contributed by atoms with van der Waals surface area (Å²) in [5.41, 5.74) is 0. The standard InChI is InChI=1S/C2H3N.Mn/c1-2-3;/h1H3;. The third-order valence-electron chi connectivity index (χ3n) is 0. The molecule has 0 spiro atoms. The van der Waals surface area contributed by atoms with E-state index in [-0.39, 0.29) is 17.1 Å². The first-order chi connectivity index (χ1) is 1.41. The van der Waals surface area contributed by atoms with Crippen LogP contribution in [0.15, 0.2) is 0 Å². The van der Waals surface area contributed by atoms with Crippen LogP contribution in [0.5, 0.6) is 0 Å². The minimum atomic E-state index is 0. The molecular formula is C2H3MnN. The van der Waals surface area contributed by atoms with Gasteiger partial charge < -0.3 is 0 Å². The second-order valence-electron chi connectivity index (χ2n) is 0.224. The monoisotopic (exact) mass is 96.0 g/mol. The first-order valence-corrected chi connectivity index (χ1v) is 0.724. The van der Waals surface area contributed by atoms with E-state index in [0.29, 0.717) is 0 Å². The Morgan fingerprint density at radius 2 is 1.75 bits per heavy atom. The minimum absolute atomic E-state index is 0. The van der Waals surface area contributed by atoms with Gasteiger partial charge in [0.15, 0.2) is 0 Å². The third-order valence-corrected chi connectivity index (χ3v) is 0. The van der Waals surface area contributed by atoms with Gasteiger partial charge >= 0.3 is 0 Å². The molecule has 0 aliphatic heterocycles. The minimum Gasteiger partial charge on any atom is -0.199 e. The molecule has 0 aromatic carbocycles. The fraction of sp³-hybridized carbons (Fsp3) is 0.500. The smallest absolute Gasteiger partial charge is 0.0587 e. The summed E-state index contributed by atoms with van der Waals surface area (Å²) in [5.74, 6) is 0. The molecule has 0 aliphatic rings. The zero-order valence-corrected chi connectivity index (χ0v) is 3.51. The summed E-state index contributed by atoms with van der Waals surface area (Å²) in [7, 11) is 0. The Kier molecular flexibility index (Phi) is 26.8. The Bertz CT molecular complexity index is 27.5. The molecule has 0 bridgehead atoms. The van der Waals surface area contributed by atoms with Crippen molar-refractivity contribution in [2.75, 3.05) is 0 Å². The molecule has 0 atom stereocenters. The fourth-order valence-corrected chi connectivity index (χ4v) is 0. The van der Waals surface area contributed by atoms with Crippen molar-refractivity contribution < 1.29 is 17.1 Å². The molecule has 0 amide bonds. The van der Waals surface area contributed by atoms with Gasteiger partial charge in [-0.15, -0.1) is 0 Å². The summed E-state index contributed by atoms with van der Waals surface area (Å²) < 4.78 is 0. The van der Waals surface area contributed by atoms with Gasteiger partial charge in [-0.3, -0.25) is 0 Å². The molecule has 0 saturated carbocycles. The van der Waals surface area contributed by atoms with Crippen LogP contribution in [0.1, 0.15) is 6.92 Å². The zero-order valence-electron chi connectivity index (χ0n) is 2.33. The first kappa shape index (κ1) is 8.99. The van der Waals surface area contributed by atoms with Crippen LogP contribution < -0.4 is 0 Å². The number of rotatable bonds is 0. The number of nitrogens with zero attached hydrogens (tertiary/aromatic N) is 1. The molecule has 23 valence electrons. The van der Waals surface area contributed by atoms with E-state index >= 15 is 0 Å². The van der Waals surface area contributed by atoms with E-state index in [1.807, 2.05) is 0 Å². The van der Waals surface area contributed by atoms with E-state index in [1.54, 1.807) is 6.07 Å². The average molecular weight is 96.0 g/mol. The predicted molar refractivity (Wildman–Crippen MR) is 11.3 cm³/mol. The third kappa shape index (κ3) is 22800. The van der Waals surface area contributed by atoms with E-state index in [2.05, 4.69) is 0 Å². The number of nitriles is 1. The quantitative estimate of drug-likeness (QED) is 0.403. The number of hydrogen-bond donors (Lipinski definition) is 0. The van der Waals surface area contributed by atoms with Crippen molar-refractivity contribution in [3.05, 3.63) is 0 Å². The second kappa shape index (κ2) is 11.9. The Labute approximate surface area is 36.1 Å². The molecular weight excluding hydrogens is 93.0 g/mol. The van der Waals surface area contributed by atoms with Crippen molar-refractivity contribution in [1.29, 1.82) is 5.26 Å². The van der Waals surface area contributed by atoms with Crippen molar-refractivity contribution in [2.45, 2.75) is 6.92 Å². The molecule has 1 nitrogen and oxygen atoms in total. The van der Waals surface area contributed by atoms with Crippen LogP contribution in [0.4, 0.5) is 0 Å². The van der Waals surface area contributed by atoms with Crippen LogP contribution in [-0.4, -0.2) is 0 Å². The van der Waals surface area contributed by atoms with Gasteiger partial charge in [-0.05, 0) is 0 Å². The van der Waals surface area contributed by atoms with E-state index in [9.17, 15) is 0 Å². The molecule has 0 N–H and O–H groups in total. The van der Waals surface area contributed by atoms with Gasteiger partial charge in [-0.25, -0.2) is 0 Å². The molecule has 0 rings (SSSR count). The second-order valence-corrected chi connectivity index (χ2v) is 0.224. The maximum Gasteiger partial charge on any atom is 0.0587 e. The molecule has 0 heterocycles. The summed E-state index contributed by atoms with van der Waals surface area (Å²) in [6.45, 7) is 1.43. The summed E-state index contributed by atoms with van der Waals surface area (Å²) in [5, 5.41) is 7.32. The van der Waals surface area contributed by atoms with Crippen LogP contribution in [0, 0.1) is 11.3 Å². The maximum absolute atomic E-state index is 7.32. The Hall–Kier alpha value is 0.00948. The summed E-state index contributed by atoms with van der Waals surface area (Å²) in [6, 6.07) is 1.75. The van der Waals surface area contributed by atoms with Crippen LogP contribution in [-0.2, 0) is 17.1 Å². The normalized spacial score (nSPS) is 2.00. The van der Waals surface area contributed by atoms with Gasteiger partial charge in [0.1, 0.15) is 0 Å². The van der Waals surface area contributed by atoms with Gasteiger partial charge in [-0.2, -0.15) is 5.26 Å². The summed E-state index contributed by atoms with van der Waals surface area (Å²) in [6.07, 6.45) is 0. The topological polar surface area (TPSA) is 23.8 Å². The van der Waals surface area contributed by atoms with E-state index in [4.69, 9.17) is 5.26 Å². The van der Waals surface area contributed by atoms with Crippen LogP contribution in [0.3, 0.4) is 0 Å². The Balaban J connectivity index is 0. The molecule has 0 unspecified atom stereocenters. The molecule has 1 radical (unpaired) electrons. The van der Waals surface area contributed by atoms with Crippen molar-refractivity contribution in [1.82, 2.24) is 0 Å². The van der Waals surface area contributed by atoms with E-state index < -0.39 is 0 Å². The molecule has 0 aliphatic carbocycles. The van der Waals surface area contributed by atoms with Crippen molar-refractivity contribution >= 4 is 0 Å². The fourth-order valence-electron chi connectivity index (χ4n) is 0. The molecule has 0 aromatic rings. The molecule has 0 aromatic heterocycles. The molecule has 4 heavy (non-hydrogen) atoms. The zero-order chi connectivity index (χ0) is 2.71. The van der Waals surface area contributed by atoms with Gasteiger partial charge in [-0.1, -0.05) is 0 Å². The molecule has 0 fully saturated rings. The largest absolute Gasteiger partial charge is 0.199 e. The van der Waals surface area contributed by atoms with Crippen molar-refractivity contribution in [2.24, 2.45) is 0 Å². The average Bonchev–Trinajstić information content (AvgIpc) is 0.918. The van der Waals surface area contributed by atoms with Crippen LogP contribution in [0.2, 0.25) is 0 Å². The van der Waals surface area contributed by atoms with Gasteiger partial charge in [0.05, 0.1) is 6.07 Å². The van der Waals surface area contributed by atoms with Crippen LogP contribution >= 0.6 is 0 Å². The maximum atomic E-state index is 7.32. The summed E-state index contributed by atoms with van der Waals surface area (Å²) in [4.78, 5) is 0. The Morgan fingerprint density at radius 1 is 1.75 bits per heavy atom. The predicted octanol–water partition coefficient (Wildman–Crippen LogP) is 0.527. The van der Waals surface area contributed by atoms with E-state index in [1.165, 1.54) is 6.92 Å². The van der Waals surface area contributed by atoms with Gasteiger partial charge in [0.2, 0.25) is 0 Å². The molecule has 2 heteroatoms. The Morgan fingerprint density at radius 3 is 1.75 bits per heavy atom. The van der Waals surface area contributed by atoms with Crippen molar-refractivity contribution in [3.63, 3.8) is 0 Å². The van der Waals surface area contributed by atoms with Gasteiger partial charge in [0.25, 0.3) is 0 Å².